The lowest BCUT2D eigenvalue weighted by Gasteiger charge is -2.13. The second-order valence-corrected chi connectivity index (χ2v) is 5.85. The quantitative estimate of drug-likeness (QED) is 0.856. The highest BCUT2D eigenvalue weighted by molar-refractivity contribution is 5.94. The highest BCUT2D eigenvalue weighted by Gasteiger charge is 2.22. The Balaban J connectivity index is 1.60. The number of carbonyl (C=O) groups excluding carboxylic acids is 1. The molecule has 0 heterocycles. The molecule has 1 aliphatic rings. The van der Waals surface area contributed by atoms with Crippen molar-refractivity contribution in [2.24, 2.45) is 0 Å². The lowest BCUT2D eigenvalue weighted by atomic mass is 10.0. The normalized spacial score (nSPS) is 15.6. The average molecular weight is 325 g/mol. The van der Waals surface area contributed by atoms with Gasteiger partial charge in [-0.25, -0.2) is 4.79 Å². The fraction of sp³-hybridized carbons (Fsp3) is 0.263. The molecule has 3 rings (SSSR count). The van der Waals surface area contributed by atoms with Crippen LogP contribution < -0.4 is 10.1 Å². The van der Waals surface area contributed by atoms with E-state index in [0.717, 1.165) is 12.8 Å². The van der Waals surface area contributed by atoms with Crippen molar-refractivity contribution in [2.75, 3.05) is 13.2 Å². The van der Waals surface area contributed by atoms with E-state index in [1.165, 1.54) is 11.1 Å². The minimum atomic E-state index is -1.05. The zero-order valence-electron chi connectivity index (χ0n) is 13.2. The molecule has 2 aromatic rings. The number of hydrogen-bond donors (Lipinski definition) is 2. The van der Waals surface area contributed by atoms with Crippen molar-refractivity contribution in [1.29, 1.82) is 0 Å². The van der Waals surface area contributed by atoms with Crippen molar-refractivity contribution in [3.63, 3.8) is 0 Å². The van der Waals surface area contributed by atoms with Gasteiger partial charge in [0.25, 0.3) is 5.91 Å². The Kier molecular flexibility index (Phi) is 4.79. The molecule has 5 heteroatoms. The number of nitrogens with one attached hydrogen (secondary N) is 1. The Morgan fingerprint density at radius 1 is 1.17 bits per heavy atom. The third-order valence-electron chi connectivity index (χ3n) is 4.22. The van der Waals surface area contributed by atoms with Crippen LogP contribution in [0, 0.1) is 0 Å². The van der Waals surface area contributed by atoms with Gasteiger partial charge in [-0.1, -0.05) is 30.3 Å². The maximum Gasteiger partial charge on any atom is 0.341 e. The molecule has 0 bridgehead atoms. The summed E-state index contributed by atoms with van der Waals surface area (Å²) in [4.78, 5) is 22.9. The van der Waals surface area contributed by atoms with Gasteiger partial charge < -0.3 is 15.2 Å². The second-order valence-electron chi connectivity index (χ2n) is 5.85. The van der Waals surface area contributed by atoms with Gasteiger partial charge in [0, 0.05) is 18.0 Å². The molecule has 0 aliphatic heterocycles. The monoisotopic (exact) mass is 325 g/mol. The molecular weight excluding hydrogens is 306 g/mol. The summed E-state index contributed by atoms with van der Waals surface area (Å²) in [5.74, 6) is -0.516. The number of hydrogen-bond acceptors (Lipinski definition) is 3. The number of carboxylic acid groups (broad SMARTS) is 1. The topological polar surface area (TPSA) is 75.6 Å². The van der Waals surface area contributed by atoms with E-state index >= 15 is 0 Å². The molecule has 0 fully saturated rings. The number of fused-ring (bicyclic) bond motifs is 1. The molecule has 0 radical (unpaired) electrons. The summed E-state index contributed by atoms with van der Waals surface area (Å²) in [5.41, 5.74) is 3.14. The molecule has 2 aromatic carbocycles. The Labute approximate surface area is 140 Å². The van der Waals surface area contributed by atoms with Crippen LogP contribution in [0.2, 0.25) is 0 Å². The fourth-order valence-corrected chi connectivity index (χ4v) is 3.05. The van der Waals surface area contributed by atoms with E-state index in [9.17, 15) is 9.59 Å². The molecule has 0 saturated heterocycles. The molecule has 0 spiro atoms. The molecule has 24 heavy (non-hydrogen) atoms. The van der Waals surface area contributed by atoms with Crippen LogP contribution in [-0.4, -0.2) is 30.1 Å². The van der Waals surface area contributed by atoms with Crippen LogP contribution in [0.5, 0.6) is 5.75 Å². The average Bonchev–Trinajstić information content (AvgIpc) is 3.01. The fourth-order valence-electron chi connectivity index (χ4n) is 3.05. The Morgan fingerprint density at radius 3 is 2.83 bits per heavy atom. The van der Waals surface area contributed by atoms with Gasteiger partial charge in [-0.05, 0) is 42.2 Å². The minimum absolute atomic E-state index is 0.180. The lowest BCUT2D eigenvalue weighted by molar-refractivity contribution is -0.139. The first-order chi connectivity index (χ1) is 11.6. The van der Waals surface area contributed by atoms with Crippen LogP contribution in [0.25, 0.3) is 0 Å². The predicted molar refractivity (Wildman–Crippen MR) is 89.4 cm³/mol. The first kappa shape index (κ1) is 16.1. The van der Waals surface area contributed by atoms with Gasteiger partial charge in [-0.15, -0.1) is 0 Å². The van der Waals surface area contributed by atoms with Crippen molar-refractivity contribution in [1.82, 2.24) is 5.32 Å². The summed E-state index contributed by atoms with van der Waals surface area (Å²) in [6, 6.07) is 14.9. The molecule has 2 N–H and O–H groups in total. The molecular formula is C19H19NO4. The number of carboxylic acids is 1. The number of benzene rings is 2. The number of amides is 1. The van der Waals surface area contributed by atoms with Gasteiger partial charge in [0.2, 0.25) is 0 Å². The summed E-state index contributed by atoms with van der Waals surface area (Å²) in [6.07, 6.45) is 2.09. The van der Waals surface area contributed by atoms with E-state index in [4.69, 9.17) is 9.84 Å². The van der Waals surface area contributed by atoms with Crippen LogP contribution >= 0.6 is 0 Å². The summed E-state index contributed by atoms with van der Waals surface area (Å²) in [7, 11) is 0. The number of carbonyl (C=O) groups is 2. The highest BCUT2D eigenvalue weighted by atomic mass is 16.5. The number of aryl methyl sites for hydroxylation is 1. The van der Waals surface area contributed by atoms with Crippen molar-refractivity contribution in [3.05, 3.63) is 65.2 Å². The van der Waals surface area contributed by atoms with Crippen LogP contribution in [0.1, 0.15) is 33.8 Å². The van der Waals surface area contributed by atoms with Gasteiger partial charge in [0.1, 0.15) is 5.75 Å². The van der Waals surface area contributed by atoms with E-state index in [-0.39, 0.29) is 5.91 Å². The van der Waals surface area contributed by atoms with Gasteiger partial charge in [0.15, 0.2) is 6.61 Å². The standard InChI is InChI=1S/C19H19NO4/c21-18(22)12-24-16-6-3-5-14(10-16)19(23)20-11-15-9-8-13-4-1-2-7-17(13)15/h1-7,10,15H,8-9,11-12H2,(H,20,23)(H,21,22). The Bertz CT molecular complexity index is 757. The SMILES string of the molecule is O=C(O)COc1cccc(C(=O)NCC2CCc3ccccc32)c1. The van der Waals surface area contributed by atoms with Crippen LogP contribution in [0.3, 0.4) is 0 Å². The van der Waals surface area contributed by atoms with Gasteiger partial charge in [0.05, 0.1) is 0 Å². The summed E-state index contributed by atoms with van der Waals surface area (Å²) >= 11 is 0. The summed E-state index contributed by atoms with van der Waals surface area (Å²) in [5, 5.41) is 11.6. The summed E-state index contributed by atoms with van der Waals surface area (Å²) in [6.45, 7) is 0.167. The molecule has 5 nitrogen and oxygen atoms in total. The van der Waals surface area contributed by atoms with E-state index in [0.29, 0.717) is 23.8 Å². The number of ether oxygens (including phenoxy) is 1. The van der Waals surface area contributed by atoms with Crippen molar-refractivity contribution in [2.45, 2.75) is 18.8 Å². The van der Waals surface area contributed by atoms with Crippen LogP contribution in [0.4, 0.5) is 0 Å². The molecule has 1 aliphatic carbocycles. The summed E-state index contributed by atoms with van der Waals surface area (Å²) < 4.78 is 5.10. The van der Waals surface area contributed by atoms with Crippen molar-refractivity contribution >= 4 is 11.9 Å². The molecule has 0 aromatic heterocycles. The Hall–Kier alpha value is -2.82. The van der Waals surface area contributed by atoms with E-state index in [1.807, 2.05) is 12.1 Å². The van der Waals surface area contributed by atoms with Gasteiger partial charge >= 0.3 is 5.97 Å². The smallest absolute Gasteiger partial charge is 0.341 e. The highest BCUT2D eigenvalue weighted by Crippen LogP contribution is 2.32. The molecule has 1 amide bonds. The predicted octanol–water partition coefficient (Wildman–Crippen LogP) is 2.61. The molecule has 1 unspecified atom stereocenters. The zero-order chi connectivity index (χ0) is 16.9. The zero-order valence-corrected chi connectivity index (χ0v) is 13.2. The van der Waals surface area contributed by atoms with E-state index in [2.05, 4.69) is 17.4 Å². The number of rotatable bonds is 6. The van der Waals surface area contributed by atoms with Gasteiger partial charge in [-0.2, -0.15) is 0 Å². The maximum atomic E-state index is 12.3. The van der Waals surface area contributed by atoms with Gasteiger partial charge in [-0.3, -0.25) is 4.79 Å². The first-order valence-corrected chi connectivity index (χ1v) is 7.94. The van der Waals surface area contributed by atoms with Crippen LogP contribution in [0.15, 0.2) is 48.5 Å². The van der Waals surface area contributed by atoms with Crippen molar-refractivity contribution < 1.29 is 19.4 Å². The maximum absolute atomic E-state index is 12.3. The first-order valence-electron chi connectivity index (χ1n) is 7.94. The van der Waals surface area contributed by atoms with Crippen LogP contribution in [-0.2, 0) is 11.2 Å². The third-order valence-corrected chi connectivity index (χ3v) is 4.22. The molecule has 124 valence electrons. The third kappa shape index (κ3) is 3.74. The largest absolute Gasteiger partial charge is 0.482 e. The van der Waals surface area contributed by atoms with E-state index in [1.54, 1.807) is 24.3 Å². The molecule has 1 atom stereocenters. The molecule has 0 saturated carbocycles. The second kappa shape index (κ2) is 7.17. The number of aliphatic carboxylic acids is 1. The minimum Gasteiger partial charge on any atom is -0.482 e. The van der Waals surface area contributed by atoms with E-state index < -0.39 is 12.6 Å². The van der Waals surface area contributed by atoms with Crippen molar-refractivity contribution in [3.8, 4) is 5.75 Å². The lowest BCUT2D eigenvalue weighted by Crippen LogP contribution is -2.27. The Morgan fingerprint density at radius 2 is 2.00 bits per heavy atom.